The van der Waals surface area contributed by atoms with Gasteiger partial charge in [-0.05, 0) is 43.5 Å². The Bertz CT molecular complexity index is 693. The lowest BCUT2D eigenvalue weighted by Crippen LogP contribution is -2.41. The number of hydrogen-bond donors (Lipinski definition) is 1. The van der Waals surface area contributed by atoms with Crippen LogP contribution in [0.15, 0.2) is 29.2 Å². The van der Waals surface area contributed by atoms with Crippen molar-refractivity contribution in [3.8, 4) is 0 Å². The van der Waals surface area contributed by atoms with Gasteiger partial charge in [0, 0.05) is 19.7 Å². The van der Waals surface area contributed by atoms with Crippen LogP contribution in [0.5, 0.6) is 0 Å². The summed E-state index contributed by atoms with van der Waals surface area (Å²) in [6.07, 6.45) is 2.60. The van der Waals surface area contributed by atoms with E-state index in [1.54, 1.807) is 4.90 Å². The van der Waals surface area contributed by atoms with Crippen molar-refractivity contribution in [2.45, 2.75) is 42.4 Å². The van der Waals surface area contributed by atoms with E-state index in [-0.39, 0.29) is 30.8 Å². The molecule has 27 heavy (non-hydrogen) atoms. The Balaban J connectivity index is 0.00000364. The lowest BCUT2D eigenvalue weighted by atomic mass is 10.1. The van der Waals surface area contributed by atoms with Crippen LogP contribution in [0.4, 0.5) is 8.78 Å². The van der Waals surface area contributed by atoms with E-state index in [1.165, 1.54) is 12.1 Å². The van der Waals surface area contributed by atoms with Crippen molar-refractivity contribution in [1.29, 1.82) is 0 Å². The largest absolute Gasteiger partial charge is 0.378 e. The van der Waals surface area contributed by atoms with Crippen LogP contribution in [0.3, 0.4) is 0 Å². The van der Waals surface area contributed by atoms with Crippen LogP contribution in [0.2, 0.25) is 0 Å². The van der Waals surface area contributed by atoms with Crippen molar-refractivity contribution in [3.63, 3.8) is 0 Å². The highest BCUT2D eigenvalue weighted by Crippen LogP contribution is 2.20. The van der Waals surface area contributed by atoms with Crippen LogP contribution in [0.1, 0.15) is 24.8 Å². The van der Waals surface area contributed by atoms with E-state index in [1.807, 2.05) is 0 Å². The molecule has 1 aliphatic heterocycles. The molecule has 154 valence electrons. The molecule has 0 atom stereocenters. The fourth-order valence-corrected chi connectivity index (χ4v) is 3.51. The normalized spacial score (nSPS) is 15.6. The van der Waals surface area contributed by atoms with Crippen molar-refractivity contribution in [2.24, 2.45) is 5.73 Å². The number of amides is 1. The number of alkyl halides is 2. The number of halogens is 3. The van der Waals surface area contributed by atoms with Gasteiger partial charge in [0.15, 0.2) is 0 Å². The van der Waals surface area contributed by atoms with Crippen molar-refractivity contribution in [1.82, 2.24) is 4.90 Å². The summed E-state index contributed by atoms with van der Waals surface area (Å²) in [4.78, 5) is 13.7. The Morgan fingerprint density at radius 2 is 1.81 bits per heavy atom. The number of nitrogens with zero attached hydrogens (tertiary/aromatic N) is 1. The molecule has 6 nitrogen and oxygen atoms in total. The van der Waals surface area contributed by atoms with Crippen LogP contribution in [-0.2, 0) is 25.8 Å². The molecule has 2 N–H and O–H groups in total. The molecule has 0 radical (unpaired) electrons. The van der Waals surface area contributed by atoms with Crippen molar-refractivity contribution >= 4 is 28.2 Å². The summed E-state index contributed by atoms with van der Waals surface area (Å²) in [5, 5.41) is 0. The SMILES string of the molecule is Cl.NCCCOC1CCN(C(=O)Cc2ccc(S(=O)(=O)C(F)F)cc2)CC1. The predicted octanol–water partition coefficient (Wildman–Crippen LogP) is 2.00. The van der Waals surface area contributed by atoms with Crippen LogP contribution < -0.4 is 5.73 Å². The van der Waals surface area contributed by atoms with Crippen LogP contribution in [-0.4, -0.2) is 57.3 Å². The molecule has 2 rings (SSSR count). The van der Waals surface area contributed by atoms with Crippen LogP contribution in [0, 0.1) is 0 Å². The molecule has 1 amide bonds. The summed E-state index contributed by atoms with van der Waals surface area (Å²) < 4.78 is 53.5. The topological polar surface area (TPSA) is 89.7 Å². The molecule has 0 aliphatic carbocycles. The minimum Gasteiger partial charge on any atom is -0.378 e. The smallest absolute Gasteiger partial charge is 0.341 e. The van der Waals surface area contributed by atoms with E-state index in [0.717, 1.165) is 31.4 Å². The van der Waals surface area contributed by atoms with E-state index in [9.17, 15) is 22.0 Å². The summed E-state index contributed by atoms with van der Waals surface area (Å²) >= 11 is 0. The van der Waals surface area contributed by atoms with Crippen LogP contribution >= 0.6 is 12.4 Å². The Labute approximate surface area is 164 Å². The maximum absolute atomic E-state index is 12.5. The van der Waals surface area contributed by atoms with Crippen molar-refractivity contribution in [2.75, 3.05) is 26.2 Å². The van der Waals surface area contributed by atoms with Gasteiger partial charge in [-0.2, -0.15) is 8.78 Å². The molecule has 1 heterocycles. The number of sulfone groups is 1. The predicted molar refractivity (Wildman–Crippen MR) is 99.8 cm³/mol. The zero-order chi connectivity index (χ0) is 19.2. The second-order valence-electron chi connectivity index (χ2n) is 6.22. The van der Waals surface area contributed by atoms with Crippen molar-refractivity contribution in [3.05, 3.63) is 29.8 Å². The number of rotatable bonds is 8. The first-order valence-corrected chi connectivity index (χ1v) is 10.1. The third-order valence-corrected chi connectivity index (χ3v) is 5.74. The van der Waals surface area contributed by atoms with E-state index < -0.39 is 20.5 Å². The zero-order valence-corrected chi connectivity index (χ0v) is 16.5. The lowest BCUT2D eigenvalue weighted by Gasteiger charge is -2.32. The Morgan fingerprint density at radius 1 is 1.22 bits per heavy atom. The number of likely N-dealkylation sites (tertiary alicyclic amines) is 1. The molecule has 1 aromatic carbocycles. The number of benzene rings is 1. The van der Waals surface area contributed by atoms with Crippen molar-refractivity contribution < 1.29 is 26.7 Å². The number of ether oxygens (including phenoxy) is 1. The molecule has 1 aromatic rings. The molecule has 0 unspecified atom stereocenters. The van der Waals surface area contributed by atoms with E-state index >= 15 is 0 Å². The van der Waals surface area contributed by atoms with E-state index in [4.69, 9.17) is 10.5 Å². The van der Waals surface area contributed by atoms with E-state index in [2.05, 4.69) is 0 Å². The fourth-order valence-electron chi connectivity index (χ4n) is 2.79. The number of nitrogens with two attached hydrogens (primary N) is 1. The number of piperidine rings is 1. The summed E-state index contributed by atoms with van der Waals surface area (Å²) in [6, 6.07) is 5.02. The average molecular weight is 427 g/mol. The first-order chi connectivity index (χ1) is 12.3. The molecular formula is C17H25ClF2N2O4S. The highest BCUT2D eigenvalue weighted by atomic mass is 35.5. The molecule has 0 saturated carbocycles. The van der Waals surface area contributed by atoms with Gasteiger partial charge in [0.25, 0.3) is 0 Å². The summed E-state index contributed by atoms with van der Waals surface area (Å²) in [7, 11) is -4.61. The van der Waals surface area contributed by atoms with Gasteiger partial charge in [0.1, 0.15) is 0 Å². The van der Waals surface area contributed by atoms with Gasteiger partial charge in [-0.25, -0.2) is 8.42 Å². The third kappa shape index (κ3) is 6.67. The summed E-state index contributed by atoms with van der Waals surface area (Å²) in [5.41, 5.74) is 6.01. The minimum atomic E-state index is -4.61. The molecule has 0 aromatic heterocycles. The molecule has 0 spiro atoms. The molecule has 1 fully saturated rings. The van der Waals surface area contributed by atoms with Gasteiger partial charge in [0.05, 0.1) is 17.4 Å². The van der Waals surface area contributed by atoms with Gasteiger partial charge in [-0.1, -0.05) is 12.1 Å². The zero-order valence-electron chi connectivity index (χ0n) is 14.9. The third-order valence-electron chi connectivity index (χ3n) is 4.34. The molecule has 0 bridgehead atoms. The van der Waals surface area contributed by atoms with Gasteiger partial charge < -0.3 is 15.4 Å². The number of carbonyl (C=O) groups excluding carboxylic acids is 1. The van der Waals surface area contributed by atoms with Gasteiger partial charge in [0.2, 0.25) is 15.7 Å². The molecule has 1 aliphatic rings. The lowest BCUT2D eigenvalue weighted by molar-refractivity contribution is -0.133. The second-order valence-corrected chi connectivity index (χ2v) is 8.14. The maximum atomic E-state index is 12.5. The highest BCUT2D eigenvalue weighted by molar-refractivity contribution is 7.91. The minimum absolute atomic E-state index is 0. The monoisotopic (exact) mass is 426 g/mol. The fraction of sp³-hybridized carbons (Fsp3) is 0.588. The maximum Gasteiger partial charge on any atom is 0.341 e. The summed E-state index contributed by atoms with van der Waals surface area (Å²) in [5.74, 6) is -3.53. The van der Waals surface area contributed by atoms with E-state index in [0.29, 0.717) is 31.8 Å². The van der Waals surface area contributed by atoms with Gasteiger partial charge >= 0.3 is 5.76 Å². The number of hydrogen-bond acceptors (Lipinski definition) is 5. The Morgan fingerprint density at radius 3 is 2.33 bits per heavy atom. The van der Waals surface area contributed by atoms with Crippen LogP contribution in [0.25, 0.3) is 0 Å². The molecule has 10 heteroatoms. The Hall–Kier alpha value is -1.29. The number of carbonyl (C=O) groups is 1. The molecule has 1 saturated heterocycles. The first kappa shape index (κ1) is 23.7. The quantitative estimate of drug-likeness (QED) is 0.642. The Kier molecular flexibility index (Phi) is 9.58. The average Bonchev–Trinajstić information content (AvgIpc) is 2.63. The summed E-state index contributed by atoms with van der Waals surface area (Å²) in [6.45, 7) is 2.42. The standard InChI is InChI=1S/C17H24F2N2O4S.ClH/c18-17(19)26(23,24)15-4-2-13(3-5-15)12-16(22)21-9-6-14(7-10-21)25-11-1-8-20;/h2-5,14,17H,1,6-12,20H2;1H. The highest BCUT2D eigenvalue weighted by Gasteiger charge is 2.27. The van der Waals surface area contributed by atoms with Gasteiger partial charge in [-0.3, -0.25) is 4.79 Å². The molecular weight excluding hydrogens is 402 g/mol. The van der Waals surface area contributed by atoms with Gasteiger partial charge in [-0.15, -0.1) is 12.4 Å². The second kappa shape index (κ2) is 10.9. The first-order valence-electron chi connectivity index (χ1n) is 8.55.